The summed E-state index contributed by atoms with van der Waals surface area (Å²) in [6.07, 6.45) is 7.90. The van der Waals surface area contributed by atoms with Gasteiger partial charge in [-0.2, -0.15) is 5.26 Å². The highest BCUT2D eigenvalue weighted by Crippen LogP contribution is 2.61. The molecule has 7 heteroatoms. The predicted octanol–water partition coefficient (Wildman–Crippen LogP) is 7.30. The summed E-state index contributed by atoms with van der Waals surface area (Å²) in [6.45, 7) is 2.19. The molecule has 0 aliphatic heterocycles. The number of hydrogen-bond donors (Lipinski definition) is 1. The minimum absolute atomic E-state index is 0.0104. The Labute approximate surface area is 225 Å². The van der Waals surface area contributed by atoms with Gasteiger partial charge in [0.15, 0.2) is 0 Å². The Morgan fingerprint density at radius 1 is 1.19 bits per heavy atom. The van der Waals surface area contributed by atoms with Gasteiger partial charge >= 0.3 is 0 Å². The molecule has 4 fully saturated rings. The Bertz CT molecular complexity index is 1310. The maximum atomic E-state index is 13.5. The summed E-state index contributed by atoms with van der Waals surface area (Å²) in [6, 6.07) is 14.5. The molecule has 1 atom stereocenters. The van der Waals surface area contributed by atoms with Crippen LogP contribution >= 0.6 is 23.1 Å². The fourth-order valence-corrected chi connectivity index (χ4v) is 8.97. The van der Waals surface area contributed by atoms with Crippen molar-refractivity contribution in [3.8, 4) is 27.8 Å². The number of pyridine rings is 1. The van der Waals surface area contributed by atoms with Gasteiger partial charge in [0, 0.05) is 22.0 Å². The first-order valence-corrected chi connectivity index (χ1v) is 15.0. The van der Waals surface area contributed by atoms with Crippen molar-refractivity contribution in [1.82, 2.24) is 10.3 Å². The first kappa shape index (κ1) is 24.6. The second kappa shape index (κ2) is 9.89. The molecule has 1 amide bonds. The van der Waals surface area contributed by atoms with Crippen molar-refractivity contribution in [2.75, 3.05) is 5.75 Å². The van der Waals surface area contributed by atoms with Crippen molar-refractivity contribution < 1.29 is 9.18 Å². The third-order valence-electron chi connectivity index (χ3n) is 8.75. The van der Waals surface area contributed by atoms with Crippen LogP contribution in [0.15, 0.2) is 52.9 Å². The minimum atomic E-state index is -0.310. The van der Waals surface area contributed by atoms with E-state index >= 15 is 0 Å². The van der Waals surface area contributed by atoms with E-state index in [1.54, 1.807) is 23.5 Å². The molecule has 190 valence electrons. The van der Waals surface area contributed by atoms with Crippen LogP contribution in [0.25, 0.3) is 21.7 Å². The lowest BCUT2D eigenvalue weighted by Gasteiger charge is -2.59. The van der Waals surface area contributed by atoms with Crippen LogP contribution in [0.3, 0.4) is 0 Å². The lowest BCUT2D eigenvalue weighted by molar-refractivity contribution is -0.123. The van der Waals surface area contributed by atoms with Gasteiger partial charge in [-0.05, 0) is 110 Å². The molecule has 0 saturated heterocycles. The zero-order valence-corrected chi connectivity index (χ0v) is 22.5. The number of halogens is 1. The fourth-order valence-electron chi connectivity index (χ4n) is 7.41. The third kappa shape index (κ3) is 4.82. The number of nitrogens with zero attached hydrogens (tertiary/aromatic N) is 2. The first-order valence-electron chi connectivity index (χ1n) is 13.1. The highest BCUT2D eigenvalue weighted by atomic mass is 32.2. The van der Waals surface area contributed by atoms with Crippen LogP contribution in [0.2, 0.25) is 0 Å². The Kier molecular flexibility index (Phi) is 6.58. The topological polar surface area (TPSA) is 65.8 Å². The molecule has 4 nitrogen and oxygen atoms in total. The zero-order valence-electron chi connectivity index (χ0n) is 20.9. The Morgan fingerprint density at radius 2 is 1.86 bits per heavy atom. The number of carbonyl (C=O) groups is 1. The molecule has 2 heterocycles. The van der Waals surface area contributed by atoms with Crippen LogP contribution in [0.4, 0.5) is 4.39 Å². The summed E-state index contributed by atoms with van der Waals surface area (Å²) in [5.41, 5.74) is 2.94. The Morgan fingerprint density at radius 3 is 2.46 bits per heavy atom. The smallest absolute Gasteiger partial charge is 0.230 e. The van der Waals surface area contributed by atoms with E-state index in [4.69, 9.17) is 4.98 Å². The summed E-state index contributed by atoms with van der Waals surface area (Å²) < 4.78 is 13.5. The van der Waals surface area contributed by atoms with Gasteiger partial charge in [-0.15, -0.1) is 11.3 Å². The standard InChI is InChI=1S/C30H30FN3OS2/c1-18(30-13-19-9-20(14-30)11-21(10-19)15-30)33-28(35)17-37-29-25(16-32)24(27-3-2-8-36-27)12-26(34-29)22-4-6-23(31)7-5-22/h2-8,12,18-21H,9-11,13-15,17H2,1H3,(H,33,35). The van der Waals surface area contributed by atoms with Gasteiger partial charge in [-0.25, -0.2) is 9.37 Å². The zero-order chi connectivity index (χ0) is 25.6. The number of thioether (sulfide) groups is 1. The van der Waals surface area contributed by atoms with Crippen molar-refractivity contribution in [3.63, 3.8) is 0 Å². The Hall–Kier alpha value is -2.69. The Balaban J connectivity index is 1.22. The third-order valence-corrected chi connectivity index (χ3v) is 10.6. The average Bonchev–Trinajstić information content (AvgIpc) is 3.41. The predicted molar refractivity (Wildman–Crippen MR) is 147 cm³/mol. The van der Waals surface area contributed by atoms with Crippen molar-refractivity contribution >= 4 is 29.0 Å². The molecule has 1 unspecified atom stereocenters. The molecule has 37 heavy (non-hydrogen) atoms. The molecule has 1 N–H and O–H groups in total. The van der Waals surface area contributed by atoms with Crippen LogP contribution < -0.4 is 5.32 Å². The number of nitriles is 1. The monoisotopic (exact) mass is 531 g/mol. The summed E-state index contributed by atoms with van der Waals surface area (Å²) in [5, 5.41) is 15.9. The molecule has 4 bridgehead atoms. The van der Waals surface area contributed by atoms with Crippen molar-refractivity contribution in [3.05, 3.63) is 59.2 Å². The number of thiophene rings is 1. The quantitative estimate of drug-likeness (QED) is 0.325. The molecular weight excluding hydrogens is 501 g/mol. The molecule has 0 radical (unpaired) electrons. The lowest BCUT2D eigenvalue weighted by atomic mass is 9.48. The number of amides is 1. The molecule has 3 aromatic rings. The number of aromatic nitrogens is 1. The minimum Gasteiger partial charge on any atom is -0.352 e. The number of carbonyl (C=O) groups excluding carboxylic acids is 1. The molecular formula is C30H30FN3OS2. The SMILES string of the molecule is CC(NC(=O)CSc1nc(-c2ccc(F)cc2)cc(-c2cccs2)c1C#N)C12CC3CC(CC(C3)C1)C2. The van der Waals surface area contributed by atoms with E-state index in [1.807, 2.05) is 23.6 Å². The van der Waals surface area contributed by atoms with E-state index in [9.17, 15) is 14.4 Å². The van der Waals surface area contributed by atoms with Crippen molar-refractivity contribution in [1.29, 1.82) is 5.26 Å². The molecule has 0 spiro atoms. The fraction of sp³-hybridized carbons (Fsp3) is 0.433. The maximum absolute atomic E-state index is 13.5. The van der Waals surface area contributed by atoms with Gasteiger partial charge in [0.2, 0.25) is 5.91 Å². The molecule has 4 aliphatic rings. The van der Waals surface area contributed by atoms with Gasteiger partial charge in [0.05, 0.1) is 17.0 Å². The van der Waals surface area contributed by atoms with Gasteiger partial charge in [0.25, 0.3) is 0 Å². The second-order valence-corrected chi connectivity index (χ2v) is 13.1. The molecule has 7 rings (SSSR count). The largest absolute Gasteiger partial charge is 0.352 e. The molecule has 4 aliphatic carbocycles. The lowest BCUT2D eigenvalue weighted by Crippen LogP contribution is -2.56. The summed E-state index contributed by atoms with van der Waals surface area (Å²) in [4.78, 5) is 18.9. The summed E-state index contributed by atoms with van der Waals surface area (Å²) >= 11 is 2.86. The van der Waals surface area contributed by atoms with E-state index < -0.39 is 0 Å². The van der Waals surface area contributed by atoms with Crippen molar-refractivity contribution in [2.45, 2.75) is 56.5 Å². The number of hydrogen-bond acceptors (Lipinski definition) is 5. The first-order chi connectivity index (χ1) is 17.9. The van der Waals surface area contributed by atoms with Gasteiger partial charge in [-0.3, -0.25) is 4.79 Å². The van der Waals surface area contributed by atoms with Gasteiger partial charge in [-0.1, -0.05) is 17.8 Å². The highest BCUT2D eigenvalue weighted by Gasteiger charge is 2.53. The van der Waals surface area contributed by atoms with Crippen LogP contribution in [-0.4, -0.2) is 22.7 Å². The molecule has 1 aromatic carbocycles. The molecule has 2 aromatic heterocycles. The van der Waals surface area contributed by atoms with Crippen LogP contribution in [0.1, 0.15) is 51.0 Å². The highest BCUT2D eigenvalue weighted by molar-refractivity contribution is 8.00. The van der Waals surface area contributed by atoms with Crippen LogP contribution in [-0.2, 0) is 4.79 Å². The summed E-state index contributed by atoms with van der Waals surface area (Å²) in [7, 11) is 0. The molecule has 4 saturated carbocycles. The van der Waals surface area contributed by atoms with E-state index in [0.29, 0.717) is 16.3 Å². The van der Waals surface area contributed by atoms with Gasteiger partial charge < -0.3 is 5.32 Å². The van der Waals surface area contributed by atoms with Crippen LogP contribution in [0.5, 0.6) is 0 Å². The van der Waals surface area contributed by atoms with E-state index in [0.717, 1.165) is 33.8 Å². The van der Waals surface area contributed by atoms with Gasteiger partial charge in [0.1, 0.15) is 16.9 Å². The number of nitrogens with one attached hydrogen (secondary N) is 1. The number of benzene rings is 1. The van der Waals surface area contributed by atoms with E-state index in [2.05, 4.69) is 18.3 Å². The van der Waals surface area contributed by atoms with E-state index in [1.165, 1.54) is 62.4 Å². The summed E-state index contributed by atoms with van der Waals surface area (Å²) in [5.74, 6) is 2.40. The average molecular weight is 532 g/mol. The number of rotatable bonds is 7. The normalized spacial score (nSPS) is 26.6. The maximum Gasteiger partial charge on any atom is 0.230 e. The van der Waals surface area contributed by atoms with Crippen LogP contribution in [0, 0.1) is 40.3 Å². The second-order valence-electron chi connectivity index (χ2n) is 11.2. The van der Waals surface area contributed by atoms with E-state index in [-0.39, 0.29) is 28.9 Å². The van der Waals surface area contributed by atoms with Crippen molar-refractivity contribution in [2.24, 2.45) is 23.2 Å².